The SMILES string of the molecule is Fc1cnc(N2CCCC3(CCN(Cc4cccnc4)C3)C2)nc1. The third-order valence-corrected chi connectivity index (χ3v) is 5.20. The van der Waals surface area contributed by atoms with Gasteiger partial charge in [-0.05, 0) is 37.4 Å². The lowest BCUT2D eigenvalue weighted by atomic mass is 9.79. The summed E-state index contributed by atoms with van der Waals surface area (Å²) in [5.74, 6) is 0.273. The van der Waals surface area contributed by atoms with Crippen molar-refractivity contribution in [1.29, 1.82) is 0 Å². The van der Waals surface area contributed by atoms with Crippen molar-refractivity contribution in [3.05, 3.63) is 48.3 Å². The molecule has 0 aromatic carbocycles. The van der Waals surface area contributed by atoms with Crippen molar-refractivity contribution in [2.75, 3.05) is 31.1 Å². The molecule has 24 heavy (non-hydrogen) atoms. The van der Waals surface area contributed by atoms with E-state index in [1.165, 1.54) is 30.8 Å². The van der Waals surface area contributed by atoms with Crippen LogP contribution in [0.5, 0.6) is 0 Å². The van der Waals surface area contributed by atoms with Crippen LogP contribution in [0.3, 0.4) is 0 Å². The van der Waals surface area contributed by atoms with Crippen molar-refractivity contribution in [2.24, 2.45) is 5.41 Å². The van der Waals surface area contributed by atoms with E-state index in [2.05, 4.69) is 30.8 Å². The van der Waals surface area contributed by atoms with Crippen LogP contribution in [-0.4, -0.2) is 46.0 Å². The van der Waals surface area contributed by atoms with Gasteiger partial charge < -0.3 is 4.90 Å². The molecule has 2 aromatic rings. The van der Waals surface area contributed by atoms with Gasteiger partial charge in [-0.15, -0.1) is 0 Å². The van der Waals surface area contributed by atoms with Gasteiger partial charge in [0.1, 0.15) is 0 Å². The number of hydrogen-bond acceptors (Lipinski definition) is 5. The molecule has 0 radical (unpaired) electrons. The minimum Gasteiger partial charge on any atom is -0.340 e. The zero-order valence-electron chi connectivity index (χ0n) is 13.7. The molecule has 2 aliphatic heterocycles. The minimum atomic E-state index is -0.381. The first-order valence-corrected chi connectivity index (χ1v) is 8.56. The molecule has 4 rings (SSSR count). The predicted molar refractivity (Wildman–Crippen MR) is 90.0 cm³/mol. The third-order valence-electron chi connectivity index (χ3n) is 5.20. The van der Waals surface area contributed by atoms with Crippen molar-refractivity contribution in [1.82, 2.24) is 19.9 Å². The number of likely N-dealkylation sites (tertiary alicyclic amines) is 1. The van der Waals surface area contributed by atoms with Crippen LogP contribution in [0.25, 0.3) is 0 Å². The summed E-state index contributed by atoms with van der Waals surface area (Å²) in [7, 11) is 0. The van der Waals surface area contributed by atoms with Crippen LogP contribution in [0.15, 0.2) is 36.9 Å². The second-order valence-electron chi connectivity index (χ2n) is 7.05. The molecular weight excluding hydrogens is 305 g/mol. The number of rotatable bonds is 3. The van der Waals surface area contributed by atoms with Crippen molar-refractivity contribution < 1.29 is 4.39 Å². The quantitative estimate of drug-likeness (QED) is 0.867. The standard InChI is InChI=1S/C18H22FN5/c19-16-10-21-17(22-11-16)24-7-2-4-18(14-24)5-8-23(13-18)12-15-3-1-6-20-9-15/h1,3,6,9-11H,2,4-5,7-8,12-14H2. The number of piperidine rings is 1. The van der Waals surface area contributed by atoms with E-state index in [0.29, 0.717) is 11.4 Å². The van der Waals surface area contributed by atoms with E-state index in [1.54, 1.807) is 0 Å². The maximum Gasteiger partial charge on any atom is 0.225 e. The average Bonchev–Trinajstić information content (AvgIpc) is 2.98. The molecule has 2 aromatic heterocycles. The molecular formula is C18H22FN5. The van der Waals surface area contributed by atoms with Crippen molar-refractivity contribution in [3.8, 4) is 0 Å². The molecule has 6 heteroatoms. The lowest BCUT2D eigenvalue weighted by Crippen LogP contribution is -2.45. The molecule has 2 fully saturated rings. The number of halogens is 1. The highest BCUT2D eigenvalue weighted by Gasteiger charge is 2.41. The summed E-state index contributed by atoms with van der Waals surface area (Å²) in [6.45, 7) is 5.09. The van der Waals surface area contributed by atoms with Gasteiger partial charge in [0.25, 0.3) is 0 Å². The van der Waals surface area contributed by atoms with Gasteiger partial charge in [-0.1, -0.05) is 6.07 Å². The van der Waals surface area contributed by atoms with Crippen LogP contribution >= 0.6 is 0 Å². The van der Waals surface area contributed by atoms with Gasteiger partial charge in [0.05, 0.1) is 12.4 Å². The van der Waals surface area contributed by atoms with Gasteiger partial charge in [-0.2, -0.15) is 0 Å². The second-order valence-corrected chi connectivity index (χ2v) is 7.05. The topological polar surface area (TPSA) is 45.2 Å². The van der Waals surface area contributed by atoms with E-state index < -0.39 is 0 Å². The van der Waals surface area contributed by atoms with E-state index in [-0.39, 0.29) is 5.82 Å². The summed E-state index contributed by atoms with van der Waals surface area (Å²) >= 11 is 0. The van der Waals surface area contributed by atoms with Crippen molar-refractivity contribution >= 4 is 5.95 Å². The van der Waals surface area contributed by atoms with Crippen LogP contribution in [0.4, 0.5) is 10.3 Å². The van der Waals surface area contributed by atoms with E-state index in [9.17, 15) is 4.39 Å². The fraction of sp³-hybridized carbons (Fsp3) is 0.500. The molecule has 0 aliphatic carbocycles. The highest BCUT2D eigenvalue weighted by Crippen LogP contribution is 2.40. The maximum atomic E-state index is 13.1. The van der Waals surface area contributed by atoms with Gasteiger partial charge in [-0.3, -0.25) is 9.88 Å². The molecule has 5 nitrogen and oxygen atoms in total. The van der Waals surface area contributed by atoms with E-state index >= 15 is 0 Å². The molecule has 0 N–H and O–H groups in total. The summed E-state index contributed by atoms with van der Waals surface area (Å²) < 4.78 is 13.1. The Labute approximate surface area is 141 Å². The summed E-state index contributed by atoms with van der Waals surface area (Å²) in [4.78, 5) is 17.3. The fourth-order valence-electron chi connectivity index (χ4n) is 4.09. The van der Waals surface area contributed by atoms with Gasteiger partial charge in [-0.25, -0.2) is 14.4 Å². The van der Waals surface area contributed by atoms with E-state index in [1.807, 2.05) is 18.5 Å². The van der Waals surface area contributed by atoms with Crippen LogP contribution in [-0.2, 0) is 6.54 Å². The number of anilines is 1. The van der Waals surface area contributed by atoms with E-state index in [4.69, 9.17) is 0 Å². The zero-order valence-corrected chi connectivity index (χ0v) is 13.7. The first-order valence-electron chi connectivity index (χ1n) is 8.56. The molecule has 126 valence electrons. The molecule has 2 aliphatic rings. The highest BCUT2D eigenvalue weighted by molar-refractivity contribution is 5.30. The molecule has 0 bridgehead atoms. The maximum absolute atomic E-state index is 13.1. The van der Waals surface area contributed by atoms with Crippen molar-refractivity contribution in [3.63, 3.8) is 0 Å². The first kappa shape index (κ1) is 15.4. The number of hydrogen-bond donors (Lipinski definition) is 0. The molecule has 0 amide bonds. The molecule has 4 heterocycles. The fourth-order valence-corrected chi connectivity index (χ4v) is 4.09. The van der Waals surface area contributed by atoms with Crippen LogP contribution < -0.4 is 4.90 Å². The van der Waals surface area contributed by atoms with Gasteiger partial charge in [0.15, 0.2) is 5.82 Å². The summed E-state index contributed by atoms with van der Waals surface area (Å²) in [5.41, 5.74) is 1.57. The van der Waals surface area contributed by atoms with Crippen molar-refractivity contribution in [2.45, 2.75) is 25.8 Å². The Bertz CT molecular complexity index is 678. The highest BCUT2D eigenvalue weighted by atomic mass is 19.1. The lowest BCUT2D eigenvalue weighted by molar-refractivity contribution is 0.215. The minimum absolute atomic E-state index is 0.304. The molecule has 2 saturated heterocycles. The second kappa shape index (κ2) is 6.43. The Kier molecular flexibility index (Phi) is 4.14. The van der Waals surface area contributed by atoms with Crippen LogP contribution in [0.1, 0.15) is 24.8 Å². The Hall–Kier alpha value is -2.08. The number of pyridine rings is 1. The normalized spacial score (nSPS) is 24.6. The smallest absolute Gasteiger partial charge is 0.225 e. The van der Waals surface area contributed by atoms with E-state index in [0.717, 1.165) is 39.1 Å². The monoisotopic (exact) mass is 327 g/mol. The van der Waals surface area contributed by atoms with Crippen LogP contribution in [0, 0.1) is 11.2 Å². The number of nitrogens with zero attached hydrogens (tertiary/aromatic N) is 5. The molecule has 1 unspecified atom stereocenters. The van der Waals surface area contributed by atoms with Gasteiger partial charge in [0, 0.05) is 44.0 Å². The molecule has 1 atom stereocenters. The average molecular weight is 327 g/mol. The summed E-state index contributed by atoms with van der Waals surface area (Å²) in [6.07, 6.45) is 9.86. The van der Waals surface area contributed by atoms with Gasteiger partial charge in [0.2, 0.25) is 5.95 Å². The summed E-state index contributed by atoms with van der Waals surface area (Å²) in [5, 5.41) is 0. The third kappa shape index (κ3) is 3.24. The van der Waals surface area contributed by atoms with Gasteiger partial charge >= 0.3 is 0 Å². The first-order chi connectivity index (χ1) is 11.7. The van der Waals surface area contributed by atoms with Crippen LogP contribution in [0.2, 0.25) is 0 Å². The Morgan fingerprint density at radius 1 is 1.08 bits per heavy atom. The Morgan fingerprint density at radius 3 is 2.75 bits per heavy atom. The Morgan fingerprint density at radius 2 is 1.96 bits per heavy atom. The predicted octanol–water partition coefficient (Wildman–Crippen LogP) is 2.50. The summed E-state index contributed by atoms with van der Waals surface area (Å²) in [6, 6.07) is 4.13. The largest absolute Gasteiger partial charge is 0.340 e. The zero-order chi connectivity index (χ0) is 16.4. The number of aromatic nitrogens is 3. The molecule has 1 spiro atoms. The Balaban J connectivity index is 1.43. The molecule has 0 saturated carbocycles. The lowest BCUT2D eigenvalue weighted by Gasteiger charge is -2.40.